The maximum atomic E-state index is 15.2. The minimum absolute atomic E-state index is 0.123. The van der Waals surface area contributed by atoms with E-state index in [1.165, 1.54) is 0 Å². The first kappa shape index (κ1) is 29.6. The number of likely N-dealkylation sites (tertiary alicyclic amines) is 1. The van der Waals surface area contributed by atoms with Crippen LogP contribution in [-0.4, -0.2) is 69.2 Å². The molecule has 1 aliphatic carbocycles. The van der Waals surface area contributed by atoms with Crippen LogP contribution in [0.5, 0.6) is 0 Å². The van der Waals surface area contributed by atoms with Gasteiger partial charge in [-0.25, -0.2) is 15.9 Å². The third-order valence-corrected chi connectivity index (χ3v) is 8.71. The second-order valence-corrected chi connectivity index (χ2v) is 12.5. The van der Waals surface area contributed by atoms with E-state index >= 15 is 4.39 Å². The molecule has 3 N–H and O–H groups in total. The Bertz CT molecular complexity index is 1340. The molecule has 0 spiro atoms. The van der Waals surface area contributed by atoms with Gasteiger partial charge in [-0.1, -0.05) is 39.8 Å². The first-order valence-electron chi connectivity index (χ1n) is 13.4. The van der Waals surface area contributed by atoms with Crippen molar-refractivity contribution in [1.29, 1.82) is 0 Å². The van der Waals surface area contributed by atoms with Crippen molar-refractivity contribution < 1.29 is 23.9 Å². The summed E-state index contributed by atoms with van der Waals surface area (Å²) in [5, 5.41) is 15.8. The molecule has 11 heteroatoms. The number of aliphatic hydroxyl groups excluding tert-OH is 1. The molecule has 0 bridgehead atoms. The van der Waals surface area contributed by atoms with E-state index in [-0.39, 0.29) is 13.1 Å². The number of hydrogen-bond donors (Lipinski definition) is 3. The number of halogens is 1. The van der Waals surface area contributed by atoms with E-state index in [0.717, 1.165) is 32.2 Å². The Labute approximate surface area is 238 Å². The molecule has 4 rings (SSSR count). The summed E-state index contributed by atoms with van der Waals surface area (Å²) in [4.78, 5) is 49.6. The molecule has 40 heavy (non-hydrogen) atoms. The molecule has 2 fully saturated rings. The van der Waals surface area contributed by atoms with Crippen LogP contribution >= 0.6 is 11.3 Å². The fraction of sp³-hybridized carbons (Fsp3) is 0.552. The van der Waals surface area contributed by atoms with Crippen LogP contribution in [0.25, 0.3) is 15.3 Å². The molecule has 2 aliphatic rings. The fourth-order valence-electron chi connectivity index (χ4n) is 5.03. The summed E-state index contributed by atoms with van der Waals surface area (Å²) in [6.07, 6.45) is -1.98. The summed E-state index contributed by atoms with van der Waals surface area (Å²) >= 11 is 1.56. The summed E-state index contributed by atoms with van der Waals surface area (Å²) in [6.45, 7) is 16.3. The van der Waals surface area contributed by atoms with Gasteiger partial charge < -0.3 is 20.6 Å². The zero-order valence-corrected chi connectivity index (χ0v) is 24.3. The number of nitrogens with zero attached hydrogens (tertiary/aromatic N) is 3. The predicted molar refractivity (Wildman–Crippen MR) is 150 cm³/mol. The first-order valence-corrected chi connectivity index (χ1v) is 14.3. The Hall–Kier alpha value is -3.36. The number of thiazole rings is 1. The number of carbonyl (C=O) groups excluding carboxylic acids is 3. The molecular weight excluding hydrogens is 533 g/mol. The quantitative estimate of drug-likeness (QED) is 0.423. The van der Waals surface area contributed by atoms with Gasteiger partial charge in [-0.3, -0.25) is 19.2 Å². The lowest BCUT2D eigenvalue weighted by Crippen LogP contribution is -2.59. The lowest BCUT2D eigenvalue weighted by atomic mass is 9.85. The lowest BCUT2D eigenvalue weighted by molar-refractivity contribution is -0.145. The van der Waals surface area contributed by atoms with E-state index in [9.17, 15) is 19.5 Å². The number of carbonyl (C=O) groups is 3. The molecule has 0 unspecified atom stereocenters. The van der Waals surface area contributed by atoms with Crippen molar-refractivity contribution in [3.8, 4) is 10.4 Å². The average molecular weight is 570 g/mol. The van der Waals surface area contributed by atoms with Crippen molar-refractivity contribution in [2.45, 2.75) is 90.3 Å². The van der Waals surface area contributed by atoms with Gasteiger partial charge in [-0.15, -0.1) is 11.3 Å². The number of nitrogens with one attached hydrogen (secondary N) is 2. The number of aromatic nitrogens is 1. The number of rotatable bonds is 8. The molecular formula is C29H36FN5O4S. The van der Waals surface area contributed by atoms with Crippen molar-refractivity contribution in [3.05, 3.63) is 51.9 Å². The SMILES string of the molecule is [C-]#[N+]C1(C(=O)N[C@H](C(=O)N2C[C@H](O)[C@H](F)[C@H]2C(=O)NCc2ccc(-c3scnc3C)cc2CC)C(C)(C)C)CC1. The summed E-state index contributed by atoms with van der Waals surface area (Å²) in [5.74, 6) is -1.93. The Kier molecular flexibility index (Phi) is 8.33. The Morgan fingerprint density at radius 2 is 2.00 bits per heavy atom. The zero-order chi connectivity index (χ0) is 29.4. The summed E-state index contributed by atoms with van der Waals surface area (Å²) in [7, 11) is 0. The third-order valence-electron chi connectivity index (χ3n) is 7.74. The third kappa shape index (κ3) is 5.74. The summed E-state index contributed by atoms with van der Waals surface area (Å²) < 4.78 is 15.2. The Morgan fingerprint density at radius 3 is 2.55 bits per heavy atom. The van der Waals surface area contributed by atoms with Gasteiger partial charge in [0.2, 0.25) is 11.8 Å². The van der Waals surface area contributed by atoms with Gasteiger partial charge in [0.25, 0.3) is 0 Å². The molecule has 2 heterocycles. The minimum Gasteiger partial charge on any atom is -0.388 e. The molecule has 2 aromatic rings. The normalized spacial score (nSPS) is 22.4. The number of amides is 3. The molecule has 1 aromatic carbocycles. The van der Waals surface area contributed by atoms with Crippen LogP contribution in [0, 0.1) is 18.9 Å². The highest BCUT2D eigenvalue weighted by Gasteiger charge is 2.60. The van der Waals surface area contributed by atoms with Gasteiger partial charge in [-0.2, -0.15) is 0 Å². The van der Waals surface area contributed by atoms with Crippen molar-refractivity contribution >= 4 is 29.1 Å². The van der Waals surface area contributed by atoms with Gasteiger partial charge in [-0.05, 0) is 41.5 Å². The second kappa shape index (κ2) is 11.3. The van der Waals surface area contributed by atoms with Gasteiger partial charge in [0, 0.05) is 19.4 Å². The molecule has 3 amide bonds. The highest BCUT2D eigenvalue weighted by atomic mass is 32.1. The number of β-amino-alcohol motifs (C(OH)–C–C–N with tert-alkyl or cyclic N) is 1. The maximum Gasteiger partial charge on any atom is 0.309 e. The van der Waals surface area contributed by atoms with Gasteiger partial charge >= 0.3 is 11.4 Å². The topological polar surface area (TPSA) is 116 Å². The van der Waals surface area contributed by atoms with E-state index in [4.69, 9.17) is 6.57 Å². The Balaban J connectivity index is 1.51. The van der Waals surface area contributed by atoms with Crippen molar-refractivity contribution in [1.82, 2.24) is 20.5 Å². The van der Waals surface area contributed by atoms with Crippen LogP contribution in [0.15, 0.2) is 23.7 Å². The number of alkyl halides is 1. The summed E-state index contributed by atoms with van der Waals surface area (Å²) in [6, 6.07) is 3.27. The van der Waals surface area contributed by atoms with Crippen molar-refractivity contribution in [2.75, 3.05) is 6.54 Å². The highest BCUT2D eigenvalue weighted by molar-refractivity contribution is 7.13. The molecule has 1 aromatic heterocycles. The van der Waals surface area contributed by atoms with E-state index < -0.39 is 53.0 Å². The molecule has 9 nitrogen and oxygen atoms in total. The van der Waals surface area contributed by atoms with Crippen molar-refractivity contribution in [2.24, 2.45) is 5.41 Å². The van der Waals surface area contributed by atoms with E-state index in [1.807, 2.05) is 26.0 Å². The number of aliphatic hydroxyl groups is 1. The van der Waals surface area contributed by atoms with Crippen LogP contribution in [0.1, 0.15) is 57.4 Å². The van der Waals surface area contributed by atoms with Crippen molar-refractivity contribution in [3.63, 3.8) is 0 Å². The standard InChI is InChI=1S/C29H36FN5O4S/c1-7-17-12-18(23-16(2)33-15-40-23)8-9-19(17)13-32-25(37)22-21(30)20(36)14-35(22)26(38)24(28(3,4)5)34-27(39)29(31-6)10-11-29/h8-9,12,15,20-22,24,36H,7,10-11,13-14H2,1-5H3,(H,32,37)(H,34,39)/t20-,21-,22-,24+/m0/s1. The predicted octanol–water partition coefficient (Wildman–Crippen LogP) is 3.19. The van der Waals surface area contributed by atoms with Gasteiger partial charge in [0.05, 0.1) is 22.6 Å². The molecule has 4 atom stereocenters. The largest absolute Gasteiger partial charge is 0.388 e. The molecule has 1 aliphatic heterocycles. The average Bonchev–Trinajstić information content (AvgIpc) is 3.52. The zero-order valence-electron chi connectivity index (χ0n) is 23.5. The van der Waals surface area contributed by atoms with E-state index in [1.54, 1.807) is 37.6 Å². The second-order valence-electron chi connectivity index (χ2n) is 11.7. The Morgan fingerprint density at radius 1 is 1.30 bits per heavy atom. The lowest BCUT2D eigenvalue weighted by Gasteiger charge is -2.35. The molecule has 214 valence electrons. The van der Waals surface area contributed by atoms with E-state index in [2.05, 4.69) is 26.5 Å². The first-order chi connectivity index (χ1) is 18.8. The van der Waals surface area contributed by atoms with Crippen LogP contribution in [-0.2, 0) is 27.3 Å². The smallest absolute Gasteiger partial charge is 0.309 e. The molecule has 1 saturated heterocycles. The van der Waals surface area contributed by atoms with Crippen LogP contribution < -0.4 is 10.6 Å². The highest BCUT2D eigenvalue weighted by Crippen LogP contribution is 2.40. The summed E-state index contributed by atoms with van der Waals surface area (Å²) in [5.41, 5.74) is 3.70. The van der Waals surface area contributed by atoms with Gasteiger partial charge in [0.1, 0.15) is 18.2 Å². The number of benzene rings is 1. The van der Waals surface area contributed by atoms with Gasteiger partial charge in [0.15, 0.2) is 6.17 Å². The van der Waals surface area contributed by atoms with Crippen LogP contribution in [0.2, 0.25) is 0 Å². The number of aryl methyl sites for hydroxylation is 2. The van der Waals surface area contributed by atoms with Crippen LogP contribution in [0.4, 0.5) is 4.39 Å². The monoisotopic (exact) mass is 569 g/mol. The fourth-order valence-corrected chi connectivity index (χ4v) is 5.84. The van der Waals surface area contributed by atoms with E-state index in [0.29, 0.717) is 19.3 Å². The molecule has 1 saturated carbocycles. The number of hydrogen-bond acceptors (Lipinski definition) is 6. The minimum atomic E-state index is -1.99. The van der Waals surface area contributed by atoms with Crippen LogP contribution in [0.3, 0.4) is 0 Å². The molecule has 0 radical (unpaired) electrons. The maximum absolute atomic E-state index is 15.2.